The molecule has 0 aromatic heterocycles. The van der Waals surface area contributed by atoms with Crippen molar-refractivity contribution in [1.82, 2.24) is 20.4 Å². The SMILES string of the molecule is CC(C)N1CC(=O)N[C@@H]2CC[C@@]3(C)[C@H](CC[C@@H]4[C@@H]3CC[C@]3(C)[C@H](CC[C@@H]43)[C@H](C)CCCNC(=O)N(C(C)C)C(=O)CO/N=C3\CC[C@@]4(C)[C@H](CC[C@@H]5[C@@H]4CC[C@]4(C)[C@H](CC[C@@H]54)[C@H](C)CCC1=O)C3)C2. The highest BCUT2D eigenvalue weighted by molar-refractivity contribution is 5.95. The molecule has 0 spiro atoms. The van der Waals surface area contributed by atoms with Crippen molar-refractivity contribution in [3.05, 3.63) is 0 Å². The van der Waals surface area contributed by atoms with Gasteiger partial charge in [0.2, 0.25) is 11.8 Å². The highest BCUT2D eigenvalue weighted by Crippen LogP contribution is 2.70. The predicted octanol–water partition coefficient (Wildman–Crippen LogP) is 12.2. The quantitative estimate of drug-likeness (QED) is 0.286. The molecule has 388 valence electrons. The molecule has 16 bridgehead atoms. The zero-order valence-corrected chi connectivity index (χ0v) is 45.2. The van der Waals surface area contributed by atoms with Gasteiger partial charge >= 0.3 is 6.03 Å². The lowest BCUT2D eigenvalue weighted by Gasteiger charge is -2.61. The molecule has 10 nitrogen and oxygen atoms in total. The lowest BCUT2D eigenvalue weighted by molar-refractivity contribution is -0.139. The minimum Gasteiger partial charge on any atom is -0.386 e. The third-order valence-corrected chi connectivity index (χ3v) is 23.6. The van der Waals surface area contributed by atoms with Crippen LogP contribution in [-0.4, -0.2) is 77.1 Å². The van der Waals surface area contributed by atoms with Crippen LogP contribution in [-0.2, 0) is 19.2 Å². The number of hydrogen-bond donors (Lipinski definition) is 2. The van der Waals surface area contributed by atoms with Crippen molar-refractivity contribution < 1.29 is 24.0 Å². The van der Waals surface area contributed by atoms with Crippen LogP contribution in [0.4, 0.5) is 4.79 Å². The van der Waals surface area contributed by atoms with Crippen LogP contribution in [0.25, 0.3) is 0 Å². The van der Waals surface area contributed by atoms with E-state index in [1.54, 1.807) is 0 Å². The monoisotopic (exact) mass is 956 g/mol. The minimum atomic E-state index is -0.332. The molecule has 69 heavy (non-hydrogen) atoms. The molecule has 0 aromatic rings. The Morgan fingerprint density at radius 2 is 1.16 bits per heavy atom. The molecule has 5 amide bonds. The smallest absolute Gasteiger partial charge is 0.324 e. The maximum atomic E-state index is 14.1. The number of carbonyl (C=O) groups is 4. The Morgan fingerprint density at radius 1 is 0.594 bits per heavy atom. The van der Waals surface area contributed by atoms with E-state index in [4.69, 9.17) is 4.84 Å². The molecule has 8 saturated carbocycles. The van der Waals surface area contributed by atoms with Gasteiger partial charge < -0.3 is 20.4 Å². The normalized spacial score (nSPS) is 46.8. The lowest BCUT2D eigenvalue weighted by Crippen LogP contribution is -2.56. The molecule has 17 atom stereocenters. The number of nitrogens with one attached hydrogen (secondary N) is 2. The molecular weight excluding hydrogens is 859 g/mol. The largest absolute Gasteiger partial charge is 0.386 e. The van der Waals surface area contributed by atoms with Gasteiger partial charge in [0.05, 0.1) is 12.3 Å². The minimum absolute atomic E-state index is 0.00797. The summed E-state index contributed by atoms with van der Waals surface area (Å²) in [5.74, 6) is 8.00. The third-order valence-electron chi connectivity index (χ3n) is 23.6. The Morgan fingerprint density at radius 3 is 1.78 bits per heavy atom. The zero-order valence-electron chi connectivity index (χ0n) is 45.2. The van der Waals surface area contributed by atoms with Crippen molar-refractivity contribution >= 4 is 29.5 Å². The molecule has 0 saturated heterocycles. The third kappa shape index (κ3) is 9.36. The van der Waals surface area contributed by atoms with E-state index in [2.05, 4.69) is 71.2 Å². The van der Waals surface area contributed by atoms with Gasteiger partial charge in [0.15, 0.2) is 6.61 Å². The lowest BCUT2D eigenvalue weighted by atomic mass is 9.44. The summed E-state index contributed by atoms with van der Waals surface area (Å²) in [5.41, 5.74) is 2.37. The first-order valence-electron chi connectivity index (χ1n) is 29.1. The number of urea groups is 1. The fourth-order valence-corrected chi connectivity index (χ4v) is 20.0. The fraction of sp³-hybridized carbons (Fsp3) is 0.915. The number of hydrogen-bond acceptors (Lipinski definition) is 6. The number of oxime groups is 1. The summed E-state index contributed by atoms with van der Waals surface area (Å²) in [6, 6.07) is -0.410. The van der Waals surface area contributed by atoms with Crippen LogP contribution in [0.2, 0.25) is 0 Å². The van der Waals surface area contributed by atoms with Gasteiger partial charge in [-0.2, -0.15) is 0 Å². The Hall–Kier alpha value is -2.65. The van der Waals surface area contributed by atoms with E-state index in [0.717, 1.165) is 92.6 Å². The number of carbonyl (C=O) groups excluding carboxylic acids is 4. The molecule has 0 radical (unpaired) electrons. The molecule has 0 aromatic carbocycles. The van der Waals surface area contributed by atoms with Crippen molar-refractivity contribution in [2.75, 3.05) is 19.7 Å². The topological polar surface area (TPSA) is 120 Å². The van der Waals surface area contributed by atoms with Gasteiger partial charge in [0.25, 0.3) is 5.91 Å². The first-order valence-corrected chi connectivity index (χ1v) is 29.1. The van der Waals surface area contributed by atoms with Crippen LogP contribution in [0.3, 0.4) is 0 Å². The molecule has 8 heterocycles. The first-order chi connectivity index (χ1) is 32.8. The van der Waals surface area contributed by atoms with Crippen molar-refractivity contribution in [2.24, 2.45) is 97.8 Å². The maximum absolute atomic E-state index is 14.1. The van der Waals surface area contributed by atoms with Gasteiger partial charge in [-0.1, -0.05) is 46.7 Å². The van der Waals surface area contributed by atoms with E-state index in [9.17, 15) is 19.2 Å². The van der Waals surface area contributed by atoms with Crippen molar-refractivity contribution in [3.63, 3.8) is 0 Å². The van der Waals surface area contributed by atoms with Gasteiger partial charge in [-0.3, -0.25) is 19.3 Å². The molecular formula is C59H97N5O5. The van der Waals surface area contributed by atoms with E-state index >= 15 is 0 Å². The summed E-state index contributed by atoms with van der Waals surface area (Å²) in [4.78, 5) is 64.2. The summed E-state index contributed by atoms with van der Waals surface area (Å²) in [5, 5.41) is 11.2. The van der Waals surface area contributed by atoms with Crippen molar-refractivity contribution in [3.8, 4) is 0 Å². The van der Waals surface area contributed by atoms with Crippen LogP contribution in [0.5, 0.6) is 0 Å². The summed E-state index contributed by atoms with van der Waals surface area (Å²) >= 11 is 0. The van der Waals surface area contributed by atoms with Gasteiger partial charge in [0, 0.05) is 31.1 Å². The van der Waals surface area contributed by atoms with E-state index in [-0.39, 0.29) is 60.4 Å². The van der Waals surface area contributed by atoms with E-state index in [0.29, 0.717) is 64.7 Å². The van der Waals surface area contributed by atoms with E-state index in [1.807, 2.05) is 18.7 Å². The highest BCUT2D eigenvalue weighted by Gasteiger charge is 2.62. The Labute approximate surface area is 418 Å². The zero-order chi connectivity index (χ0) is 49.2. The summed E-state index contributed by atoms with van der Waals surface area (Å²) in [7, 11) is 0. The first kappa shape index (κ1) is 51.3. The number of rotatable bonds is 2. The standard InChI is InChI=1S/C59H97N5O5/c1-36(2)63-34-52(65)61-42-23-27-56(7)40(32-42)14-16-44-48-20-18-46(58(48,9)29-25-50(44)56)38(5)12-11-31-60-55(68)64(37(3)4)54(67)35-69-62-43-24-28-57(8)41(33-43)15-17-45-49-21-19-47(39(6)13-22-53(63)66)59(49,10)30-26-51(45)57/h36-42,44-51H,11-35H2,1-10H3,(H,60,68)(H,61,65)/b62-43+/t38-,39-,40-,41-,42-,44+,45+,46-,47-,48+,49+,50+,51+,56+,57+,58-,59-/m1/s1. The Kier molecular flexibility index (Phi) is 14.9. The summed E-state index contributed by atoms with van der Waals surface area (Å²) in [6.45, 7) is 23.8. The van der Waals surface area contributed by atoms with E-state index < -0.39 is 0 Å². The average molecular weight is 956 g/mol. The van der Waals surface area contributed by atoms with Crippen molar-refractivity contribution in [1.29, 1.82) is 0 Å². The predicted molar refractivity (Wildman–Crippen MR) is 275 cm³/mol. The van der Waals surface area contributed by atoms with Gasteiger partial charge in [-0.15, -0.1) is 0 Å². The Bertz CT molecular complexity index is 1940. The van der Waals surface area contributed by atoms with Crippen molar-refractivity contribution in [2.45, 2.75) is 229 Å². The molecule has 10 heteroatoms. The summed E-state index contributed by atoms with van der Waals surface area (Å²) < 4.78 is 0. The van der Waals surface area contributed by atoms with E-state index in [1.165, 1.54) is 88.4 Å². The molecule has 8 fully saturated rings. The second kappa shape index (κ2) is 20.0. The Balaban J connectivity index is 0.896. The summed E-state index contributed by atoms with van der Waals surface area (Å²) in [6.07, 6.45) is 25.2. The van der Waals surface area contributed by atoms with Gasteiger partial charge in [-0.25, -0.2) is 4.79 Å². The van der Waals surface area contributed by atoms with Crippen LogP contribution < -0.4 is 10.6 Å². The molecule has 16 aliphatic rings. The fourth-order valence-electron chi connectivity index (χ4n) is 20.0. The molecule has 2 N–H and O–H groups in total. The second-order valence-electron chi connectivity index (χ2n) is 27.3. The van der Waals surface area contributed by atoms with Crippen LogP contribution in [0.15, 0.2) is 5.16 Å². The number of imide groups is 1. The highest BCUT2D eigenvalue weighted by atomic mass is 16.6. The second-order valence-corrected chi connectivity index (χ2v) is 27.3. The average Bonchev–Trinajstić information content (AvgIpc) is 3.85. The van der Waals surface area contributed by atoms with Gasteiger partial charge in [0.1, 0.15) is 0 Å². The number of amides is 5. The molecule has 0 unspecified atom stereocenters. The van der Waals surface area contributed by atoms with Crippen LogP contribution in [0, 0.1) is 92.7 Å². The number of nitrogens with zero attached hydrogens (tertiary/aromatic N) is 3. The molecule has 8 aliphatic carbocycles. The maximum Gasteiger partial charge on any atom is 0.324 e. The van der Waals surface area contributed by atoms with Crippen LogP contribution in [0.1, 0.15) is 210 Å². The van der Waals surface area contributed by atoms with Gasteiger partial charge in [-0.05, 0) is 255 Å². The van der Waals surface area contributed by atoms with Crippen LogP contribution >= 0.6 is 0 Å². The molecule has 16 rings (SSSR count). The molecule has 8 aliphatic heterocycles.